The van der Waals surface area contributed by atoms with Crippen LogP contribution in [0.25, 0.3) is 5.69 Å². The van der Waals surface area contributed by atoms with Gasteiger partial charge in [0, 0.05) is 23.0 Å². The Morgan fingerprint density at radius 2 is 2.04 bits per heavy atom. The van der Waals surface area contributed by atoms with E-state index in [-0.39, 0.29) is 11.8 Å². The van der Waals surface area contributed by atoms with Gasteiger partial charge in [-0.25, -0.2) is 4.98 Å². The lowest BCUT2D eigenvalue weighted by atomic mass is 9.89. The number of fused-ring (bicyclic) bond motifs is 1. The average molecular weight is 349 g/mol. The highest BCUT2D eigenvalue weighted by Gasteiger charge is 2.30. The highest BCUT2D eigenvalue weighted by atomic mass is 35.5. The van der Waals surface area contributed by atoms with Crippen molar-refractivity contribution in [1.29, 1.82) is 5.26 Å². The lowest BCUT2D eigenvalue weighted by Gasteiger charge is -2.23. The number of anilines is 1. The number of nitriles is 1. The van der Waals surface area contributed by atoms with Crippen LogP contribution in [0.15, 0.2) is 54.9 Å². The van der Waals surface area contributed by atoms with Crippen LogP contribution in [-0.4, -0.2) is 15.5 Å². The van der Waals surface area contributed by atoms with Crippen molar-refractivity contribution in [2.45, 2.75) is 12.3 Å². The summed E-state index contributed by atoms with van der Waals surface area (Å²) in [5.74, 6) is 0.454. The van der Waals surface area contributed by atoms with Gasteiger partial charge in [0.1, 0.15) is 12.1 Å². The number of halogens is 1. The van der Waals surface area contributed by atoms with Gasteiger partial charge in [0.2, 0.25) is 5.91 Å². The van der Waals surface area contributed by atoms with Crippen molar-refractivity contribution >= 4 is 23.3 Å². The summed E-state index contributed by atoms with van der Waals surface area (Å²) < 4.78 is 1.83. The van der Waals surface area contributed by atoms with E-state index in [4.69, 9.17) is 16.9 Å². The fourth-order valence-electron chi connectivity index (χ4n) is 3.09. The predicted octanol–water partition coefficient (Wildman–Crippen LogP) is 3.87. The van der Waals surface area contributed by atoms with Crippen molar-refractivity contribution in [2.24, 2.45) is 0 Å². The standard InChI is InChI=1S/C19H13ClN4O/c20-14-2-1-3-15(8-14)24-11-22-18-16(9-17(25)23-19(18)24)13-6-4-12(10-21)5-7-13/h1-8,11,16H,9H2,(H,23,25)/t16-/m1/s1. The maximum Gasteiger partial charge on any atom is 0.226 e. The smallest absolute Gasteiger partial charge is 0.226 e. The molecule has 5 nitrogen and oxygen atoms in total. The molecule has 0 saturated carbocycles. The van der Waals surface area contributed by atoms with E-state index in [1.807, 2.05) is 34.9 Å². The molecular weight excluding hydrogens is 336 g/mol. The maximum atomic E-state index is 12.3. The van der Waals surface area contributed by atoms with Crippen LogP contribution in [0.2, 0.25) is 5.02 Å². The zero-order valence-corrected chi connectivity index (χ0v) is 13.9. The quantitative estimate of drug-likeness (QED) is 0.764. The monoisotopic (exact) mass is 348 g/mol. The SMILES string of the molecule is N#Cc1ccc([C@H]2CC(=O)Nc3c2ncn3-c2cccc(Cl)c2)cc1. The zero-order chi connectivity index (χ0) is 17.4. The molecule has 0 fully saturated rings. The van der Waals surface area contributed by atoms with E-state index in [9.17, 15) is 4.79 Å². The molecule has 6 heteroatoms. The van der Waals surface area contributed by atoms with Crippen molar-refractivity contribution in [3.63, 3.8) is 0 Å². The number of hydrogen-bond acceptors (Lipinski definition) is 3. The van der Waals surface area contributed by atoms with E-state index in [0.717, 1.165) is 16.9 Å². The summed E-state index contributed by atoms with van der Waals surface area (Å²) in [6, 6.07) is 16.8. The molecule has 2 aromatic carbocycles. The van der Waals surface area contributed by atoms with Gasteiger partial charge in [-0.2, -0.15) is 5.26 Å². The first-order valence-electron chi connectivity index (χ1n) is 7.79. The van der Waals surface area contributed by atoms with Crippen molar-refractivity contribution in [3.8, 4) is 11.8 Å². The van der Waals surface area contributed by atoms with Crippen LogP contribution >= 0.6 is 11.6 Å². The first-order valence-corrected chi connectivity index (χ1v) is 8.16. The largest absolute Gasteiger partial charge is 0.310 e. The summed E-state index contributed by atoms with van der Waals surface area (Å²) in [5.41, 5.74) is 3.20. The van der Waals surface area contributed by atoms with Gasteiger partial charge >= 0.3 is 0 Å². The number of imidazole rings is 1. The van der Waals surface area contributed by atoms with Crippen molar-refractivity contribution < 1.29 is 4.79 Å². The molecule has 122 valence electrons. The van der Waals surface area contributed by atoms with Gasteiger partial charge < -0.3 is 5.32 Å². The molecule has 1 aromatic heterocycles. The number of carbonyl (C=O) groups excluding carboxylic acids is 1. The zero-order valence-electron chi connectivity index (χ0n) is 13.1. The molecule has 1 atom stereocenters. The molecule has 0 radical (unpaired) electrons. The van der Waals surface area contributed by atoms with Crippen LogP contribution in [0.5, 0.6) is 0 Å². The molecule has 1 N–H and O–H groups in total. The molecule has 25 heavy (non-hydrogen) atoms. The van der Waals surface area contributed by atoms with Crippen LogP contribution in [0.1, 0.15) is 29.2 Å². The van der Waals surface area contributed by atoms with Crippen molar-refractivity contribution in [3.05, 3.63) is 76.7 Å². The Balaban J connectivity index is 1.80. The minimum atomic E-state index is -0.142. The van der Waals surface area contributed by atoms with Gasteiger partial charge in [0.15, 0.2) is 0 Å². The molecular formula is C19H13ClN4O. The van der Waals surface area contributed by atoms with E-state index in [1.165, 1.54) is 0 Å². The van der Waals surface area contributed by atoms with Crippen LogP contribution in [0.3, 0.4) is 0 Å². The number of amides is 1. The Morgan fingerprint density at radius 3 is 2.76 bits per heavy atom. The van der Waals surface area contributed by atoms with E-state index in [2.05, 4.69) is 16.4 Å². The fourth-order valence-corrected chi connectivity index (χ4v) is 3.28. The number of benzene rings is 2. The van der Waals surface area contributed by atoms with Gasteiger partial charge in [-0.05, 0) is 35.9 Å². The second kappa shape index (κ2) is 6.08. The average Bonchev–Trinajstić information content (AvgIpc) is 3.05. The Bertz CT molecular complexity index is 1000. The fraction of sp³-hybridized carbons (Fsp3) is 0.105. The summed E-state index contributed by atoms with van der Waals surface area (Å²) in [7, 11) is 0. The minimum Gasteiger partial charge on any atom is -0.310 e. The van der Waals surface area contributed by atoms with Crippen LogP contribution in [0, 0.1) is 11.3 Å². The number of nitrogens with zero attached hydrogens (tertiary/aromatic N) is 3. The van der Waals surface area contributed by atoms with Gasteiger partial charge in [-0.1, -0.05) is 29.8 Å². The highest BCUT2D eigenvalue weighted by Crippen LogP contribution is 2.37. The first kappa shape index (κ1) is 15.4. The molecule has 1 aliphatic rings. The Labute approximate surface area is 149 Å². The molecule has 3 aromatic rings. The lowest BCUT2D eigenvalue weighted by molar-refractivity contribution is -0.116. The topological polar surface area (TPSA) is 70.7 Å². The minimum absolute atomic E-state index is 0.0642. The molecule has 0 saturated heterocycles. The number of hydrogen-bond donors (Lipinski definition) is 1. The second-order valence-electron chi connectivity index (χ2n) is 5.87. The molecule has 0 spiro atoms. The van der Waals surface area contributed by atoms with Crippen LogP contribution in [0.4, 0.5) is 5.82 Å². The number of aromatic nitrogens is 2. The normalized spacial score (nSPS) is 16.0. The van der Waals surface area contributed by atoms with Gasteiger partial charge in [0.05, 0.1) is 17.3 Å². The van der Waals surface area contributed by atoms with E-state index >= 15 is 0 Å². The third-order valence-electron chi connectivity index (χ3n) is 4.30. The molecule has 0 bridgehead atoms. The highest BCUT2D eigenvalue weighted by molar-refractivity contribution is 6.30. The third kappa shape index (κ3) is 2.77. The second-order valence-corrected chi connectivity index (χ2v) is 6.30. The van der Waals surface area contributed by atoms with Crippen molar-refractivity contribution in [1.82, 2.24) is 9.55 Å². The predicted molar refractivity (Wildman–Crippen MR) is 94.8 cm³/mol. The summed E-state index contributed by atoms with van der Waals surface area (Å²) >= 11 is 6.08. The van der Waals surface area contributed by atoms with E-state index in [0.29, 0.717) is 22.8 Å². The van der Waals surface area contributed by atoms with Gasteiger partial charge in [-0.15, -0.1) is 0 Å². The molecule has 2 heterocycles. The first-order chi connectivity index (χ1) is 12.2. The summed E-state index contributed by atoms with van der Waals surface area (Å²) in [6.45, 7) is 0. The molecule has 1 aliphatic heterocycles. The van der Waals surface area contributed by atoms with E-state index in [1.54, 1.807) is 24.5 Å². The molecule has 0 aliphatic carbocycles. The van der Waals surface area contributed by atoms with Gasteiger partial charge in [-0.3, -0.25) is 9.36 Å². The summed E-state index contributed by atoms with van der Waals surface area (Å²) in [4.78, 5) is 16.8. The Kier molecular flexibility index (Phi) is 3.75. The third-order valence-corrected chi connectivity index (χ3v) is 4.54. The Morgan fingerprint density at radius 1 is 1.24 bits per heavy atom. The molecule has 0 unspecified atom stereocenters. The summed E-state index contributed by atoms with van der Waals surface area (Å²) in [5, 5.41) is 12.5. The number of rotatable bonds is 2. The Hall–Kier alpha value is -3.10. The van der Waals surface area contributed by atoms with E-state index < -0.39 is 0 Å². The van der Waals surface area contributed by atoms with Crippen LogP contribution < -0.4 is 5.32 Å². The molecule has 4 rings (SSSR count). The lowest BCUT2D eigenvalue weighted by Crippen LogP contribution is -2.24. The summed E-state index contributed by atoms with van der Waals surface area (Å²) in [6.07, 6.45) is 2.02. The van der Waals surface area contributed by atoms with Crippen molar-refractivity contribution in [2.75, 3.05) is 5.32 Å². The van der Waals surface area contributed by atoms with Crippen LogP contribution in [-0.2, 0) is 4.79 Å². The molecule has 1 amide bonds. The maximum absolute atomic E-state index is 12.3. The number of nitrogens with one attached hydrogen (secondary N) is 1. The van der Waals surface area contributed by atoms with Gasteiger partial charge in [0.25, 0.3) is 0 Å². The number of carbonyl (C=O) groups is 1.